The van der Waals surface area contributed by atoms with Crippen molar-refractivity contribution in [2.75, 3.05) is 0 Å². The van der Waals surface area contributed by atoms with Crippen molar-refractivity contribution in [2.45, 2.75) is 13.3 Å². The number of hydrogen-bond acceptors (Lipinski definition) is 3. The molecule has 0 aliphatic heterocycles. The van der Waals surface area contributed by atoms with Crippen LogP contribution in [0.4, 0.5) is 0 Å². The highest BCUT2D eigenvalue weighted by Crippen LogP contribution is 2.14. The van der Waals surface area contributed by atoms with Gasteiger partial charge in [-0.15, -0.1) is 0 Å². The highest BCUT2D eigenvalue weighted by Gasteiger charge is 2.11. The first-order valence-electron chi connectivity index (χ1n) is 4.29. The SMILES string of the molecule is CCc1nc(C(=O)O)nc2[nH]ccc12. The van der Waals surface area contributed by atoms with Crippen LogP contribution >= 0.6 is 0 Å². The molecule has 0 amide bonds. The second-order valence-corrected chi connectivity index (χ2v) is 2.89. The van der Waals surface area contributed by atoms with Crippen LogP contribution in [0.25, 0.3) is 11.0 Å². The second-order valence-electron chi connectivity index (χ2n) is 2.89. The molecule has 72 valence electrons. The Hall–Kier alpha value is -1.91. The van der Waals surface area contributed by atoms with E-state index in [1.54, 1.807) is 6.20 Å². The topological polar surface area (TPSA) is 78.9 Å². The molecule has 2 aromatic heterocycles. The Labute approximate surface area is 79.8 Å². The van der Waals surface area contributed by atoms with E-state index < -0.39 is 5.97 Å². The summed E-state index contributed by atoms with van der Waals surface area (Å²) in [5.74, 6) is -1.26. The number of aromatic carboxylic acids is 1. The van der Waals surface area contributed by atoms with Crippen molar-refractivity contribution in [3.8, 4) is 0 Å². The molecule has 14 heavy (non-hydrogen) atoms. The van der Waals surface area contributed by atoms with Crippen molar-refractivity contribution < 1.29 is 9.90 Å². The number of carboxylic acid groups (broad SMARTS) is 1. The highest BCUT2D eigenvalue weighted by molar-refractivity contribution is 5.87. The number of aromatic nitrogens is 3. The maximum atomic E-state index is 10.7. The van der Waals surface area contributed by atoms with E-state index in [9.17, 15) is 4.79 Å². The summed E-state index contributed by atoms with van der Waals surface area (Å²) < 4.78 is 0. The van der Waals surface area contributed by atoms with Crippen LogP contribution in [0.3, 0.4) is 0 Å². The minimum Gasteiger partial charge on any atom is -0.475 e. The number of aromatic amines is 1. The molecule has 0 unspecified atom stereocenters. The van der Waals surface area contributed by atoms with Crippen molar-refractivity contribution in [3.63, 3.8) is 0 Å². The lowest BCUT2D eigenvalue weighted by Crippen LogP contribution is -2.06. The summed E-state index contributed by atoms with van der Waals surface area (Å²) in [4.78, 5) is 21.4. The molecule has 0 fully saturated rings. The third kappa shape index (κ3) is 1.22. The number of carboxylic acids is 1. The lowest BCUT2D eigenvalue weighted by atomic mass is 10.2. The summed E-state index contributed by atoms with van der Waals surface area (Å²) in [7, 11) is 0. The Morgan fingerprint density at radius 3 is 3.00 bits per heavy atom. The number of aryl methyl sites for hydroxylation is 1. The van der Waals surface area contributed by atoms with E-state index in [0.717, 1.165) is 11.1 Å². The standard InChI is InChI=1S/C9H9N3O2/c1-2-6-5-3-4-10-7(5)12-8(11-6)9(13)14/h3-4H,2H2,1H3,(H,13,14)(H,10,11,12). The maximum absolute atomic E-state index is 10.7. The van der Waals surface area contributed by atoms with Gasteiger partial charge in [0.25, 0.3) is 0 Å². The number of hydrogen-bond donors (Lipinski definition) is 2. The van der Waals surface area contributed by atoms with Gasteiger partial charge in [-0.1, -0.05) is 6.92 Å². The van der Waals surface area contributed by atoms with Crippen molar-refractivity contribution in [3.05, 3.63) is 23.8 Å². The van der Waals surface area contributed by atoms with Crippen LogP contribution in [0.1, 0.15) is 23.2 Å². The zero-order valence-corrected chi connectivity index (χ0v) is 7.61. The van der Waals surface area contributed by atoms with Gasteiger partial charge in [0.1, 0.15) is 5.65 Å². The zero-order valence-electron chi connectivity index (χ0n) is 7.61. The summed E-state index contributed by atoms with van der Waals surface area (Å²) in [5, 5.41) is 9.65. The van der Waals surface area contributed by atoms with Crippen LogP contribution in [0.5, 0.6) is 0 Å². The van der Waals surface area contributed by atoms with Crippen molar-refractivity contribution in [1.82, 2.24) is 15.0 Å². The Bertz CT molecular complexity index is 490. The summed E-state index contributed by atoms with van der Waals surface area (Å²) in [6.07, 6.45) is 2.42. The van der Waals surface area contributed by atoms with Gasteiger partial charge in [0, 0.05) is 11.6 Å². The number of carbonyl (C=O) groups is 1. The molecule has 0 atom stereocenters. The maximum Gasteiger partial charge on any atom is 0.374 e. The average Bonchev–Trinajstić information content (AvgIpc) is 2.63. The van der Waals surface area contributed by atoms with Gasteiger partial charge < -0.3 is 10.1 Å². The monoisotopic (exact) mass is 191 g/mol. The molecule has 0 saturated carbocycles. The molecule has 5 nitrogen and oxygen atoms in total. The van der Waals surface area contributed by atoms with E-state index in [4.69, 9.17) is 5.11 Å². The molecule has 2 N–H and O–H groups in total. The smallest absolute Gasteiger partial charge is 0.374 e. The molecule has 0 saturated heterocycles. The van der Waals surface area contributed by atoms with Crippen LogP contribution in [0.15, 0.2) is 12.3 Å². The predicted octanol–water partition coefficient (Wildman–Crippen LogP) is 1.22. The summed E-state index contributed by atoms with van der Waals surface area (Å²) in [6, 6.07) is 1.85. The van der Waals surface area contributed by atoms with Crippen LogP contribution in [0.2, 0.25) is 0 Å². The summed E-state index contributed by atoms with van der Waals surface area (Å²) in [6.45, 7) is 1.93. The van der Waals surface area contributed by atoms with Gasteiger partial charge in [-0.2, -0.15) is 0 Å². The lowest BCUT2D eigenvalue weighted by molar-refractivity contribution is 0.0683. The fourth-order valence-corrected chi connectivity index (χ4v) is 1.37. The molecule has 0 spiro atoms. The minimum absolute atomic E-state index is 0.156. The molecular formula is C9H9N3O2. The van der Waals surface area contributed by atoms with Crippen molar-refractivity contribution >= 4 is 17.0 Å². The molecule has 2 aromatic rings. The Kier molecular flexibility index (Phi) is 1.92. The molecule has 0 radical (unpaired) electrons. The zero-order chi connectivity index (χ0) is 10.1. The van der Waals surface area contributed by atoms with Crippen LogP contribution in [-0.4, -0.2) is 26.0 Å². The number of nitrogens with one attached hydrogen (secondary N) is 1. The van der Waals surface area contributed by atoms with Crippen LogP contribution in [0, 0.1) is 0 Å². The number of rotatable bonds is 2. The van der Waals surface area contributed by atoms with Crippen molar-refractivity contribution in [2.24, 2.45) is 0 Å². The van der Waals surface area contributed by atoms with Gasteiger partial charge in [0.15, 0.2) is 0 Å². The largest absolute Gasteiger partial charge is 0.475 e. The molecular weight excluding hydrogens is 182 g/mol. The lowest BCUT2D eigenvalue weighted by Gasteiger charge is -1.99. The van der Waals surface area contributed by atoms with E-state index in [-0.39, 0.29) is 5.82 Å². The van der Waals surface area contributed by atoms with Gasteiger partial charge in [-0.05, 0) is 12.5 Å². The van der Waals surface area contributed by atoms with E-state index >= 15 is 0 Å². The first kappa shape index (κ1) is 8.68. The molecule has 0 bridgehead atoms. The number of H-pyrrole nitrogens is 1. The Balaban J connectivity index is 2.73. The minimum atomic E-state index is -1.10. The Morgan fingerprint density at radius 1 is 1.57 bits per heavy atom. The molecule has 2 rings (SSSR count). The van der Waals surface area contributed by atoms with Gasteiger partial charge in [-0.25, -0.2) is 14.8 Å². The summed E-state index contributed by atoms with van der Waals surface area (Å²) >= 11 is 0. The van der Waals surface area contributed by atoms with Crippen LogP contribution in [-0.2, 0) is 6.42 Å². The normalized spacial score (nSPS) is 10.6. The first-order chi connectivity index (χ1) is 6.72. The fourth-order valence-electron chi connectivity index (χ4n) is 1.37. The number of nitrogens with zero attached hydrogens (tertiary/aromatic N) is 2. The van der Waals surface area contributed by atoms with E-state index in [2.05, 4.69) is 15.0 Å². The van der Waals surface area contributed by atoms with Gasteiger partial charge in [0.05, 0.1) is 5.69 Å². The van der Waals surface area contributed by atoms with Gasteiger partial charge in [-0.3, -0.25) is 0 Å². The quantitative estimate of drug-likeness (QED) is 0.747. The summed E-state index contributed by atoms with van der Waals surface area (Å²) in [5.41, 5.74) is 1.34. The number of fused-ring (bicyclic) bond motifs is 1. The van der Waals surface area contributed by atoms with E-state index in [1.807, 2.05) is 13.0 Å². The third-order valence-electron chi connectivity index (χ3n) is 2.02. The van der Waals surface area contributed by atoms with E-state index in [1.165, 1.54) is 0 Å². The Morgan fingerprint density at radius 2 is 2.36 bits per heavy atom. The second kappa shape index (κ2) is 3.10. The van der Waals surface area contributed by atoms with Crippen molar-refractivity contribution in [1.29, 1.82) is 0 Å². The van der Waals surface area contributed by atoms with Gasteiger partial charge in [0.2, 0.25) is 5.82 Å². The van der Waals surface area contributed by atoms with E-state index in [0.29, 0.717) is 12.1 Å². The third-order valence-corrected chi connectivity index (χ3v) is 2.02. The first-order valence-corrected chi connectivity index (χ1v) is 4.29. The predicted molar refractivity (Wildman–Crippen MR) is 50.2 cm³/mol. The molecule has 0 aromatic carbocycles. The fraction of sp³-hybridized carbons (Fsp3) is 0.222. The molecule has 2 heterocycles. The highest BCUT2D eigenvalue weighted by atomic mass is 16.4. The average molecular weight is 191 g/mol. The van der Waals surface area contributed by atoms with Crippen LogP contribution < -0.4 is 0 Å². The molecule has 0 aliphatic rings. The molecule has 0 aliphatic carbocycles. The van der Waals surface area contributed by atoms with Gasteiger partial charge >= 0.3 is 5.97 Å². The molecule has 5 heteroatoms.